The van der Waals surface area contributed by atoms with Crippen molar-refractivity contribution in [2.24, 2.45) is 5.10 Å². The van der Waals surface area contributed by atoms with Crippen molar-refractivity contribution in [3.63, 3.8) is 0 Å². The van der Waals surface area contributed by atoms with Crippen molar-refractivity contribution in [1.82, 2.24) is 9.97 Å². The Labute approximate surface area is 133 Å². The van der Waals surface area contributed by atoms with Crippen molar-refractivity contribution in [1.29, 1.82) is 5.26 Å². The molecule has 0 spiro atoms. The minimum Gasteiger partial charge on any atom is -0.421 e. The molecule has 0 fully saturated rings. The number of fused-ring (bicyclic) bond motifs is 1. The van der Waals surface area contributed by atoms with E-state index >= 15 is 0 Å². The Kier molecular flexibility index (Phi) is 3.62. The van der Waals surface area contributed by atoms with Gasteiger partial charge in [0, 0.05) is 28.1 Å². The topological polar surface area (TPSA) is 90.0 Å². The molecule has 0 saturated heterocycles. The Morgan fingerprint density at radius 3 is 2.87 bits per heavy atom. The molecule has 2 heterocycles. The normalized spacial score (nSPS) is 11.9. The van der Waals surface area contributed by atoms with E-state index in [2.05, 4.69) is 20.5 Å². The van der Waals surface area contributed by atoms with Gasteiger partial charge >= 0.3 is 0 Å². The smallest absolute Gasteiger partial charge is 0.252 e. The Morgan fingerprint density at radius 2 is 2.13 bits per heavy atom. The van der Waals surface area contributed by atoms with Crippen LogP contribution in [0.5, 0.6) is 0 Å². The molecule has 0 unspecified atom stereocenters. The molecule has 0 bridgehead atoms. The number of rotatable bonds is 3. The summed E-state index contributed by atoms with van der Waals surface area (Å²) < 4.78 is 5.61. The number of hydrogen-bond donors (Lipinski definition) is 2. The van der Waals surface area contributed by atoms with Crippen LogP contribution in [0.1, 0.15) is 37.9 Å². The quantitative estimate of drug-likeness (QED) is 0.569. The molecule has 1 aromatic carbocycles. The third-order valence-corrected chi connectivity index (χ3v) is 3.37. The van der Waals surface area contributed by atoms with Crippen LogP contribution in [0.15, 0.2) is 40.0 Å². The van der Waals surface area contributed by atoms with Crippen molar-refractivity contribution in [3.05, 3.63) is 47.6 Å². The predicted octanol–water partition coefficient (Wildman–Crippen LogP) is 3.77. The lowest BCUT2D eigenvalue weighted by Gasteiger charge is -2.11. The highest BCUT2D eigenvalue weighted by Crippen LogP contribution is 2.26. The van der Waals surface area contributed by atoms with Gasteiger partial charge in [-0.2, -0.15) is 15.3 Å². The highest BCUT2D eigenvalue weighted by Gasteiger charge is 2.23. The van der Waals surface area contributed by atoms with Gasteiger partial charge < -0.3 is 9.40 Å². The number of para-hydroxylation sites is 1. The molecule has 23 heavy (non-hydrogen) atoms. The second kappa shape index (κ2) is 5.61. The molecule has 116 valence electrons. The van der Waals surface area contributed by atoms with E-state index < -0.39 is 0 Å². The van der Waals surface area contributed by atoms with E-state index in [9.17, 15) is 0 Å². The molecule has 2 aromatic heterocycles. The number of H-pyrrole nitrogens is 1. The lowest BCUT2D eigenvalue weighted by molar-refractivity contribution is 0.399. The zero-order valence-electron chi connectivity index (χ0n) is 13.2. The maximum atomic E-state index is 9.15. The zero-order valence-corrected chi connectivity index (χ0v) is 13.2. The van der Waals surface area contributed by atoms with Crippen molar-refractivity contribution >= 4 is 23.0 Å². The third kappa shape index (κ3) is 2.94. The lowest BCUT2D eigenvalue weighted by atomic mass is 9.97. The summed E-state index contributed by atoms with van der Waals surface area (Å²) in [6.45, 7) is 5.91. The van der Waals surface area contributed by atoms with E-state index in [1.165, 1.54) is 0 Å². The Balaban J connectivity index is 1.83. The first-order valence-corrected chi connectivity index (χ1v) is 7.25. The highest BCUT2D eigenvalue weighted by atomic mass is 16.4. The first-order chi connectivity index (χ1) is 11.0. The molecule has 0 aliphatic rings. The van der Waals surface area contributed by atoms with Gasteiger partial charge in [0.15, 0.2) is 0 Å². The number of nitrogens with zero attached hydrogens (tertiary/aromatic N) is 3. The van der Waals surface area contributed by atoms with Gasteiger partial charge in [-0.1, -0.05) is 39.0 Å². The van der Waals surface area contributed by atoms with E-state index in [4.69, 9.17) is 9.68 Å². The average Bonchev–Trinajstić information content (AvgIpc) is 3.11. The summed E-state index contributed by atoms with van der Waals surface area (Å²) in [5.41, 5.74) is 4.68. The standard InChI is InChI=1S/C17H17N5O/c1-17(2,3)16-21-14(8-18)15(23-16)22-20-10-11-9-19-13-7-5-4-6-12(11)13/h4-7,9-10,19,22H,1-3H3/b20-10+. The molecule has 6 nitrogen and oxygen atoms in total. The largest absolute Gasteiger partial charge is 0.421 e. The van der Waals surface area contributed by atoms with Crippen LogP contribution in [-0.2, 0) is 5.41 Å². The van der Waals surface area contributed by atoms with Gasteiger partial charge in [0.1, 0.15) is 6.07 Å². The van der Waals surface area contributed by atoms with E-state index in [1.807, 2.05) is 57.3 Å². The molecule has 3 rings (SSSR count). The fraction of sp³-hybridized carbons (Fsp3) is 0.235. The van der Waals surface area contributed by atoms with Crippen molar-refractivity contribution in [2.45, 2.75) is 26.2 Å². The number of aromatic amines is 1. The average molecular weight is 307 g/mol. The van der Waals surface area contributed by atoms with Crippen LogP contribution in [0.3, 0.4) is 0 Å². The maximum Gasteiger partial charge on any atom is 0.252 e. The molecule has 6 heteroatoms. The highest BCUT2D eigenvalue weighted by molar-refractivity contribution is 5.99. The number of hydrogen-bond acceptors (Lipinski definition) is 5. The number of oxazole rings is 1. The van der Waals surface area contributed by atoms with Gasteiger partial charge in [0.05, 0.1) is 6.21 Å². The van der Waals surface area contributed by atoms with Crippen LogP contribution >= 0.6 is 0 Å². The van der Waals surface area contributed by atoms with Gasteiger partial charge in [-0.05, 0) is 6.07 Å². The molecular formula is C17H17N5O. The molecule has 0 aliphatic heterocycles. The third-order valence-electron chi connectivity index (χ3n) is 3.37. The number of nitriles is 1. The molecule has 2 N–H and O–H groups in total. The van der Waals surface area contributed by atoms with Crippen molar-refractivity contribution in [2.75, 3.05) is 5.43 Å². The minimum absolute atomic E-state index is 0.200. The fourth-order valence-electron chi connectivity index (χ4n) is 2.15. The van der Waals surface area contributed by atoms with E-state index in [-0.39, 0.29) is 17.0 Å². The van der Waals surface area contributed by atoms with Gasteiger partial charge in [0.2, 0.25) is 11.6 Å². The first-order valence-electron chi connectivity index (χ1n) is 7.25. The SMILES string of the molecule is CC(C)(C)c1nc(C#N)c(N/N=C/c2c[nH]c3ccccc23)o1. The monoisotopic (exact) mass is 307 g/mol. The van der Waals surface area contributed by atoms with Crippen LogP contribution < -0.4 is 5.43 Å². The number of benzene rings is 1. The second-order valence-corrected chi connectivity index (χ2v) is 6.22. The maximum absolute atomic E-state index is 9.15. The van der Waals surface area contributed by atoms with Gasteiger partial charge in [0.25, 0.3) is 5.88 Å². The lowest BCUT2D eigenvalue weighted by Crippen LogP contribution is -2.11. The number of anilines is 1. The molecule has 0 radical (unpaired) electrons. The minimum atomic E-state index is -0.272. The molecule has 0 aliphatic carbocycles. The summed E-state index contributed by atoms with van der Waals surface area (Å²) in [6.07, 6.45) is 3.56. The van der Waals surface area contributed by atoms with E-state index in [0.717, 1.165) is 16.5 Å². The van der Waals surface area contributed by atoms with Gasteiger partial charge in [-0.25, -0.2) is 5.43 Å². The summed E-state index contributed by atoms with van der Waals surface area (Å²) in [4.78, 5) is 7.37. The Hall–Kier alpha value is -3.07. The molecular weight excluding hydrogens is 290 g/mol. The predicted molar refractivity (Wildman–Crippen MR) is 89.4 cm³/mol. The van der Waals surface area contributed by atoms with Crippen molar-refractivity contribution in [3.8, 4) is 6.07 Å². The Morgan fingerprint density at radius 1 is 1.35 bits per heavy atom. The van der Waals surface area contributed by atoms with Crippen LogP contribution in [0.25, 0.3) is 10.9 Å². The molecule has 3 aromatic rings. The van der Waals surface area contributed by atoms with Crippen LogP contribution in [0, 0.1) is 11.3 Å². The van der Waals surface area contributed by atoms with E-state index in [0.29, 0.717) is 5.89 Å². The van der Waals surface area contributed by atoms with E-state index in [1.54, 1.807) is 6.21 Å². The molecule has 0 saturated carbocycles. The zero-order chi connectivity index (χ0) is 16.4. The number of nitrogens with one attached hydrogen (secondary N) is 2. The second-order valence-electron chi connectivity index (χ2n) is 6.22. The number of aromatic nitrogens is 2. The first kappa shape index (κ1) is 14.9. The van der Waals surface area contributed by atoms with Crippen LogP contribution in [0.4, 0.5) is 5.88 Å². The molecule has 0 atom stereocenters. The summed E-state index contributed by atoms with van der Waals surface area (Å²) in [7, 11) is 0. The van der Waals surface area contributed by atoms with Gasteiger partial charge in [-0.3, -0.25) is 0 Å². The van der Waals surface area contributed by atoms with Crippen LogP contribution in [-0.4, -0.2) is 16.2 Å². The summed E-state index contributed by atoms with van der Waals surface area (Å²) in [5.74, 6) is 0.757. The Bertz CT molecular complexity index is 905. The summed E-state index contributed by atoms with van der Waals surface area (Å²) in [5, 5.41) is 14.4. The van der Waals surface area contributed by atoms with Gasteiger partial charge in [-0.15, -0.1) is 0 Å². The molecule has 0 amide bonds. The number of hydrazone groups is 1. The summed E-state index contributed by atoms with van der Waals surface area (Å²) in [6, 6.07) is 9.97. The van der Waals surface area contributed by atoms with Crippen molar-refractivity contribution < 1.29 is 4.42 Å². The summed E-state index contributed by atoms with van der Waals surface area (Å²) >= 11 is 0. The fourth-order valence-corrected chi connectivity index (χ4v) is 2.15. The van der Waals surface area contributed by atoms with Crippen LogP contribution in [0.2, 0.25) is 0 Å².